The molecular weight excluding hydrogens is 358 g/mol. The molecule has 3 aromatic rings. The van der Waals surface area contributed by atoms with E-state index < -0.39 is 4.92 Å². The molecule has 0 radical (unpaired) electrons. The van der Waals surface area contributed by atoms with Crippen LogP contribution in [-0.4, -0.2) is 22.0 Å². The average molecular weight is 372 g/mol. The maximum Gasteiger partial charge on any atom is 0.353 e. The standard InChI is InChI=1S/C17H14ClN5O3/c1-26-12-8-6-11(7-9-12)21-16-15(23(24)25)17(20-10-19-16)22-14-5-3-2-4-13(14)18/h2-10H,1H3,(H2,19,20,21,22). The van der Waals surface area contributed by atoms with Crippen molar-refractivity contribution >= 4 is 40.3 Å². The first-order valence-corrected chi connectivity index (χ1v) is 7.88. The van der Waals surface area contributed by atoms with Gasteiger partial charge in [-0.2, -0.15) is 0 Å². The van der Waals surface area contributed by atoms with Gasteiger partial charge in [-0.25, -0.2) is 9.97 Å². The fourth-order valence-corrected chi connectivity index (χ4v) is 2.42. The van der Waals surface area contributed by atoms with E-state index in [1.807, 2.05) is 0 Å². The Labute approximate surface area is 154 Å². The van der Waals surface area contributed by atoms with E-state index in [-0.39, 0.29) is 17.3 Å². The largest absolute Gasteiger partial charge is 0.497 e. The highest BCUT2D eigenvalue weighted by atomic mass is 35.5. The van der Waals surface area contributed by atoms with Crippen molar-refractivity contribution in [2.75, 3.05) is 17.7 Å². The lowest BCUT2D eigenvalue weighted by atomic mass is 10.3. The van der Waals surface area contributed by atoms with Crippen LogP contribution < -0.4 is 15.4 Å². The number of nitrogens with one attached hydrogen (secondary N) is 2. The summed E-state index contributed by atoms with van der Waals surface area (Å²) in [5, 5.41) is 17.8. The average Bonchev–Trinajstić information content (AvgIpc) is 2.64. The number of para-hydroxylation sites is 1. The Morgan fingerprint density at radius 1 is 1.04 bits per heavy atom. The van der Waals surface area contributed by atoms with Crippen LogP contribution in [0.15, 0.2) is 54.9 Å². The third kappa shape index (κ3) is 3.81. The van der Waals surface area contributed by atoms with Crippen LogP contribution in [0.3, 0.4) is 0 Å². The minimum atomic E-state index is -0.551. The Kier molecular flexibility index (Phi) is 5.14. The number of hydrogen-bond acceptors (Lipinski definition) is 7. The molecule has 8 nitrogen and oxygen atoms in total. The molecule has 9 heteroatoms. The van der Waals surface area contributed by atoms with Crippen molar-refractivity contribution in [2.45, 2.75) is 0 Å². The molecule has 0 unspecified atom stereocenters. The zero-order chi connectivity index (χ0) is 18.5. The van der Waals surface area contributed by atoms with E-state index in [0.29, 0.717) is 22.1 Å². The summed E-state index contributed by atoms with van der Waals surface area (Å²) in [4.78, 5) is 19.0. The van der Waals surface area contributed by atoms with Gasteiger partial charge in [-0.3, -0.25) is 10.1 Å². The highest BCUT2D eigenvalue weighted by Gasteiger charge is 2.23. The lowest BCUT2D eigenvalue weighted by molar-refractivity contribution is -0.383. The molecule has 0 spiro atoms. The van der Waals surface area contributed by atoms with Crippen LogP contribution in [0, 0.1) is 10.1 Å². The molecule has 26 heavy (non-hydrogen) atoms. The lowest BCUT2D eigenvalue weighted by Crippen LogP contribution is -2.05. The van der Waals surface area contributed by atoms with Crippen LogP contribution in [0.25, 0.3) is 0 Å². The summed E-state index contributed by atoms with van der Waals surface area (Å²) in [6.07, 6.45) is 1.23. The van der Waals surface area contributed by atoms with Gasteiger partial charge >= 0.3 is 5.69 Å². The smallest absolute Gasteiger partial charge is 0.353 e. The Morgan fingerprint density at radius 2 is 1.69 bits per heavy atom. The highest BCUT2D eigenvalue weighted by molar-refractivity contribution is 6.33. The van der Waals surface area contributed by atoms with Crippen LogP contribution >= 0.6 is 11.6 Å². The van der Waals surface area contributed by atoms with E-state index in [1.54, 1.807) is 55.6 Å². The predicted octanol–water partition coefficient (Wildman–Crippen LogP) is 4.53. The highest BCUT2D eigenvalue weighted by Crippen LogP contribution is 2.34. The molecule has 132 valence electrons. The van der Waals surface area contributed by atoms with Gasteiger partial charge < -0.3 is 15.4 Å². The van der Waals surface area contributed by atoms with E-state index in [0.717, 1.165) is 0 Å². The van der Waals surface area contributed by atoms with Crippen molar-refractivity contribution in [3.63, 3.8) is 0 Å². The number of halogens is 1. The third-order valence-corrected chi connectivity index (χ3v) is 3.81. The number of anilines is 4. The molecule has 2 N–H and O–H groups in total. The quantitative estimate of drug-likeness (QED) is 0.484. The molecule has 0 aliphatic carbocycles. The summed E-state index contributed by atoms with van der Waals surface area (Å²) >= 11 is 6.10. The van der Waals surface area contributed by atoms with Gasteiger partial charge in [-0.05, 0) is 36.4 Å². The molecule has 0 saturated heterocycles. The molecule has 2 aromatic carbocycles. The molecule has 0 bridgehead atoms. The number of rotatable bonds is 6. The van der Waals surface area contributed by atoms with Crippen LogP contribution in [-0.2, 0) is 0 Å². The number of ether oxygens (including phenoxy) is 1. The number of hydrogen-bond donors (Lipinski definition) is 2. The second-order valence-electron chi connectivity index (χ2n) is 5.13. The number of benzene rings is 2. The fraction of sp³-hybridized carbons (Fsp3) is 0.0588. The van der Waals surface area contributed by atoms with Crippen LogP contribution in [0.5, 0.6) is 5.75 Å². The maximum absolute atomic E-state index is 11.6. The summed E-state index contributed by atoms with van der Waals surface area (Å²) < 4.78 is 5.09. The zero-order valence-electron chi connectivity index (χ0n) is 13.6. The van der Waals surface area contributed by atoms with Gasteiger partial charge in [-0.15, -0.1) is 0 Å². The summed E-state index contributed by atoms with van der Waals surface area (Å²) in [5.74, 6) is 0.771. The van der Waals surface area contributed by atoms with E-state index >= 15 is 0 Å². The summed E-state index contributed by atoms with van der Waals surface area (Å²) in [5.41, 5.74) is 0.839. The second-order valence-corrected chi connectivity index (χ2v) is 5.54. The van der Waals surface area contributed by atoms with Gasteiger partial charge in [-0.1, -0.05) is 23.7 Å². The molecule has 0 aliphatic rings. The van der Waals surface area contributed by atoms with E-state index in [4.69, 9.17) is 16.3 Å². The number of nitro groups is 1. The van der Waals surface area contributed by atoms with Crippen molar-refractivity contribution in [3.05, 3.63) is 70.0 Å². The van der Waals surface area contributed by atoms with Gasteiger partial charge in [0.25, 0.3) is 0 Å². The molecule has 3 rings (SSSR count). The van der Waals surface area contributed by atoms with Gasteiger partial charge in [0.2, 0.25) is 11.6 Å². The lowest BCUT2D eigenvalue weighted by Gasteiger charge is -2.11. The first-order chi connectivity index (χ1) is 12.6. The van der Waals surface area contributed by atoms with E-state index in [2.05, 4.69) is 20.6 Å². The fourth-order valence-electron chi connectivity index (χ4n) is 2.24. The maximum atomic E-state index is 11.6. The molecule has 0 fully saturated rings. The summed E-state index contributed by atoms with van der Waals surface area (Å²) in [6, 6.07) is 13.8. The Bertz CT molecular complexity index is 934. The van der Waals surface area contributed by atoms with Crippen molar-refractivity contribution < 1.29 is 9.66 Å². The molecule has 0 atom stereocenters. The number of methoxy groups -OCH3 is 1. The molecule has 1 aromatic heterocycles. The van der Waals surface area contributed by atoms with Crippen molar-refractivity contribution in [1.29, 1.82) is 0 Å². The van der Waals surface area contributed by atoms with Crippen LogP contribution in [0.4, 0.5) is 28.7 Å². The Hall–Kier alpha value is -3.39. The molecule has 0 amide bonds. The first kappa shape index (κ1) is 17.4. The predicted molar refractivity (Wildman–Crippen MR) is 99.7 cm³/mol. The summed E-state index contributed by atoms with van der Waals surface area (Å²) in [7, 11) is 1.56. The Balaban J connectivity index is 1.95. The molecule has 0 aliphatic heterocycles. The monoisotopic (exact) mass is 371 g/mol. The minimum absolute atomic E-state index is 0.0362. The SMILES string of the molecule is COc1ccc(Nc2ncnc(Nc3ccccc3Cl)c2[N+](=O)[O-])cc1. The molecule has 1 heterocycles. The van der Waals surface area contributed by atoms with Crippen molar-refractivity contribution in [3.8, 4) is 5.75 Å². The second kappa shape index (κ2) is 7.66. The number of nitrogens with zero attached hydrogens (tertiary/aromatic N) is 3. The number of aromatic nitrogens is 2. The van der Waals surface area contributed by atoms with Gasteiger partial charge in [0.05, 0.1) is 22.7 Å². The van der Waals surface area contributed by atoms with Gasteiger partial charge in [0, 0.05) is 5.69 Å². The topological polar surface area (TPSA) is 102 Å². The third-order valence-electron chi connectivity index (χ3n) is 3.48. The zero-order valence-corrected chi connectivity index (χ0v) is 14.4. The van der Waals surface area contributed by atoms with Crippen molar-refractivity contribution in [2.24, 2.45) is 0 Å². The Morgan fingerprint density at radius 3 is 2.31 bits per heavy atom. The first-order valence-electron chi connectivity index (χ1n) is 7.50. The normalized spacial score (nSPS) is 10.2. The molecular formula is C17H14ClN5O3. The van der Waals surface area contributed by atoms with Crippen LogP contribution in [0.1, 0.15) is 0 Å². The van der Waals surface area contributed by atoms with E-state index in [9.17, 15) is 10.1 Å². The summed E-state index contributed by atoms with van der Waals surface area (Å²) in [6.45, 7) is 0. The van der Waals surface area contributed by atoms with Gasteiger partial charge in [0.15, 0.2) is 0 Å². The molecule has 0 saturated carbocycles. The van der Waals surface area contributed by atoms with Gasteiger partial charge in [0.1, 0.15) is 12.1 Å². The minimum Gasteiger partial charge on any atom is -0.497 e. The van der Waals surface area contributed by atoms with E-state index in [1.165, 1.54) is 6.33 Å². The van der Waals surface area contributed by atoms with Crippen LogP contribution in [0.2, 0.25) is 5.02 Å². The van der Waals surface area contributed by atoms with Crippen molar-refractivity contribution in [1.82, 2.24) is 9.97 Å².